The molecule has 3 aromatic rings. The van der Waals surface area contributed by atoms with Crippen LogP contribution in [-0.2, 0) is 0 Å². The van der Waals surface area contributed by atoms with E-state index >= 15 is 0 Å². The molecule has 27 heavy (non-hydrogen) atoms. The number of rotatable bonds is 6. The standard InChI is InChI=1S/C21H20N4O2/c22-19(14-24-20(26)16-4-2-1-3-5-16)15-6-8-17(9-7-15)21(27)25-18-10-12-23-13-11-18/h1-13,19H,14,22H2,(H,24,26)(H,23,25,27). The third-order valence-electron chi connectivity index (χ3n) is 4.06. The molecule has 6 nitrogen and oxygen atoms in total. The molecule has 2 aromatic carbocycles. The highest BCUT2D eigenvalue weighted by Gasteiger charge is 2.11. The zero-order valence-electron chi connectivity index (χ0n) is 14.6. The molecule has 1 aromatic heterocycles. The van der Waals surface area contributed by atoms with Crippen molar-refractivity contribution < 1.29 is 9.59 Å². The maximum absolute atomic E-state index is 12.2. The Kier molecular flexibility index (Phi) is 5.91. The Morgan fingerprint density at radius 1 is 0.852 bits per heavy atom. The number of nitrogens with one attached hydrogen (secondary N) is 2. The van der Waals surface area contributed by atoms with Gasteiger partial charge in [0.25, 0.3) is 11.8 Å². The van der Waals surface area contributed by atoms with Crippen molar-refractivity contribution in [2.75, 3.05) is 11.9 Å². The summed E-state index contributed by atoms with van der Waals surface area (Å²) in [5, 5.41) is 5.62. The van der Waals surface area contributed by atoms with Crippen LogP contribution in [0.2, 0.25) is 0 Å². The van der Waals surface area contributed by atoms with Crippen molar-refractivity contribution in [3.05, 3.63) is 95.8 Å². The molecule has 0 radical (unpaired) electrons. The lowest BCUT2D eigenvalue weighted by atomic mass is 10.0. The number of benzene rings is 2. The van der Waals surface area contributed by atoms with Gasteiger partial charge in [-0.15, -0.1) is 0 Å². The van der Waals surface area contributed by atoms with Crippen LogP contribution in [0.25, 0.3) is 0 Å². The van der Waals surface area contributed by atoms with Gasteiger partial charge >= 0.3 is 0 Å². The highest BCUT2D eigenvalue weighted by atomic mass is 16.2. The molecule has 0 saturated carbocycles. The van der Waals surface area contributed by atoms with E-state index in [2.05, 4.69) is 15.6 Å². The summed E-state index contributed by atoms with van der Waals surface area (Å²) in [4.78, 5) is 28.2. The number of pyridine rings is 1. The minimum atomic E-state index is -0.366. The number of nitrogens with zero attached hydrogens (tertiary/aromatic N) is 1. The van der Waals surface area contributed by atoms with Gasteiger partial charge in [0.2, 0.25) is 0 Å². The van der Waals surface area contributed by atoms with Crippen molar-refractivity contribution >= 4 is 17.5 Å². The van der Waals surface area contributed by atoms with E-state index in [9.17, 15) is 9.59 Å². The molecule has 1 atom stereocenters. The van der Waals surface area contributed by atoms with Crippen LogP contribution in [-0.4, -0.2) is 23.3 Å². The molecule has 3 rings (SSSR count). The van der Waals surface area contributed by atoms with Gasteiger partial charge in [0, 0.05) is 41.8 Å². The SMILES string of the molecule is NC(CNC(=O)c1ccccc1)c1ccc(C(=O)Nc2ccncc2)cc1. The lowest BCUT2D eigenvalue weighted by Crippen LogP contribution is -2.31. The van der Waals surface area contributed by atoms with Crippen molar-refractivity contribution in [1.82, 2.24) is 10.3 Å². The Bertz CT molecular complexity index is 896. The van der Waals surface area contributed by atoms with E-state index in [1.807, 2.05) is 18.2 Å². The van der Waals surface area contributed by atoms with Crippen LogP contribution in [0.3, 0.4) is 0 Å². The summed E-state index contributed by atoms with van der Waals surface area (Å²) < 4.78 is 0. The Hall–Kier alpha value is -3.51. The van der Waals surface area contributed by atoms with Gasteiger partial charge in [-0.2, -0.15) is 0 Å². The third-order valence-corrected chi connectivity index (χ3v) is 4.06. The minimum absolute atomic E-state index is 0.167. The number of hydrogen-bond acceptors (Lipinski definition) is 4. The molecule has 0 bridgehead atoms. The molecule has 0 saturated heterocycles. The van der Waals surface area contributed by atoms with Crippen molar-refractivity contribution in [3.8, 4) is 0 Å². The molecule has 6 heteroatoms. The third kappa shape index (κ3) is 4.99. The lowest BCUT2D eigenvalue weighted by Gasteiger charge is -2.14. The number of carbonyl (C=O) groups excluding carboxylic acids is 2. The van der Waals surface area contributed by atoms with E-state index in [1.54, 1.807) is 60.9 Å². The average Bonchev–Trinajstić information content (AvgIpc) is 2.73. The van der Waals surface area contributed by atoms with Crippen LogP contribution >= 0.6 is 0 Å². The molecule has 4 N–H and O–H groups in total. The summed E-state index contributed by atoms with van der Waals surface area (Å²) in [6.45, 7) is 0.302. The largest absolute Gasteiger partial charge is 0.350 e. The van der Waals surface area contributed by atoms with Crippen molar-refractivity contribution in [2.45, 2.75) is 6.04 Å². The summed E-state index contributed by atoms with van der Waals surface area (Å²) in [5.41, 5.74) is 8.78. The lowest BCUT2D eigenvalue weighted by molar-refractivity contribution is 0.0950. The molecular weight excluding hydrogens is 340 g/mol. The smallest absolute Gasteiger partial charge is 0.255 e. The first kappa shape index (κ1) is 18.3. The summed E-state index contributed by atoms with van der Waals surface area (Å²) in [5.74, 6) is -0.377. The molecule has 0 aliphatic carbocycles. The fourth-order valence-corrected chi connectivity index (χ4v) is 2.53. The van der Waals surface area contributed by atoms with Gasteiger partial charge in [-0.3, -0.25) is 14.6 Å². The Morgan fingerprint density at radius 3 is 2.15 bits per heavy atom. The quantitative estimate of drug-likeness (QED) is 0.630. The molecular formula is C21H20N4O2. The normalized spacial score (nSPS) is 11.4. The van der Waals surface area contributed by atoms with Crippen LogP contribution in [0.5, 0.6) is 0 Å². The van der Waals surface area contributed by atoms with E-state index in [0.717, 1.165) is 5.56 Å². The molecule has 0 fully saturated rings. The maximum atomic E-state index is 12.2. The second kappa shape index (κ2) is 8.73. The zero-order valence-corrected chi connectivity index (χ0v) is 14.6. The van der Waals surface area contributed by atoms with Crippen LogP contribution in [0.1, 0.15) is 32.3 Å². The van der Waals surface area contributed by atoms with Gasteiger partial charge in [-0.05, 0) is 42.0 Å². The molecule has 2 amide bonds. The van der Waals surface area contributed by atoms with Crippen LogP contribution in [0, 0.1) is 0 Å². The number of amides is 2. The predicted molar refractivity (Wildman–Crippen MR) is 104 cm³/mol. The summed E-state index contributed by atoms with van der Waals surface area (Å²) in [6, 6.07) is 19.1. The van der Waals surface area contributed by atoms with Crippen LogP contribution < -0.4 is 16.4 Å². The van der Waals surface area contributed by atoms with E-state index in [0.29, 0.717) is 23.4 Å². The highest BCUT2D eigenvalue weighted by molar-refractivity contribution is 6.04. The molecule has 0 spiro atoms. The first-order valence-electron chi connectivity index (χ1n) is 8.53. The average molecular weight is 360 g/mol. The second-order valence-electron chi connectivity index (χ2n) is 5.99. The molecule has 1 unspecified atom stereocenters. The van der Waals surface area contributed by atoms with Gasteiger partial charge < -0.3 is 16.4 Å². The summed E-state index contributed by atoms with van der Waals surface area (Å²) >= 11 is 0. The van der Waals surface area contributed by atoms with Gasteiger partial charge in [0.05, 0.1) is 0 Å². The number of hydrogen-bond donors (Lipinski definition) is 3. The van der Waals surface area contributed by atoms with E-state index < -0.39 is 0 Å². The van der Waals surface area contributed by atoms with Gasteiger partial charge in [-0.25, -0.2) is 0 Å². The summed E-state index contributed by atoms with van der Waals surface area (Å²) in [6.07, 6.45) is 3.23. The van der Waals surface area contributed by atoms with Crippen LogP contribution in [0.4, 0.5) is 5.69 Å². The van der Waals surface area contributed by atoms with Gasteiger partial charge in [-0.1, -0.05) is 30.3 Å². The van der Waals surface area contributed by atoms with Gasteiger partial charge in [0.1, 0.15) is 0 Å². The monoisotopic (exact) mass is 360 g/mol. The van der Waals surface area contributed by atoms with Crippen molar-refractivity contribution in [1.29, 1.82) is 0 Å². The number of anilines is 1. The number of nitrogens with two attached hydrogens (primary N) is 1. The number of carbonyl (C=O) groups is 2. The summed E-state index contributed by atoms with van der Waals surface area (Å²) in [7, 11) is 0. The molecule has 1 heterocycles. The van der Waals surface area contributed by atoms with Crippen molar-refractivity contribution in [3.63, 3.8) is 0 Å². The topological polar surface area (TPSA) is 97.1 Å². The van der Waals surface area contributed by atoms with Crippen LogP contribution in [0.15, 0.2) is 79.1 Å². The molecule has 136 valence electrons. The van der Waals surface area contributed by atoms with Gasteiger partial charge in [0.15, 0.2) is 0 Å². The highest BCUT2D eigenvalue weighted by Crippen LogP contribution is 2.13. The predicted octanol–water partition coefficient (Wildman–Crippen LogP) is 2.76. The Balaban J connectivity index is 1.56. The second-order valence-corrected chi connectivity index (χ2v) is 5.99. The first-order chi connectivity index (χ1) is 13.1. The zero-order chi connectivity index (χ0) is 19.1. The fourth-order valence-electron chi connectivity index (χ4n) is 2.53. The molecule has 0 aliphatic rings. The fraction of sp³-hybridized carbons (Fsp3) is 0.0952. The van der Waals surface area contributed by atoms with Crippen molar-refractivity contribution in [2.24, 2.45) is 5.73 Å². The Labute approximate surface area is 157 Å². The number of aromatic nitrogens is 1. The maximum Gasteiger partial charge on any atom is 0.255 e. The molecule has 0 aliphatic heterocycles. The van der Waals surface area contributed by atoms with E-state index in [4.69, 9.17) is 5.73 Å². The first-order valence-corrected chi connectivity index (χ1v) is 8.53. The minimum Gasteiger partial charge on any atom is -0.350 e. The Morgan fingerprint density at radius 2 is 1.48 bits per heavy atom. The van der Waals surface area contributed by atoms with E-state index in [-0.39, 0.29) is 17.9 Å². The van der Waals surface area contributed by atoms with E-state index in [1.165, 1.54) is 0 Å².